The molecule has 0 atom stereocenters. The predicted molar refractivity (Wildman–Crippen MR) is 68.1 cm³/mol. The van der Waals surface area contributed by atoms with Crippen LogP contribution in [-0.2, 0) is 0 Å². The number of nitrogen functional groups attached to an aromatic ring is 1. The number of nitrogens with two attached hydrogens (primary N) is 1. The Hall–Kier alpha value is -1.74. The molecule has 0 radical (unpaired) electrons. The van der Waals surface area contributed by atoms with Gasteiger partial charge in [-0.1, -0.05) is 17.7 Å². The molecule has 0 bridgehead atoms. The molecule has 0 amide bonds. The quantitative estimate of drug-likeness (QED) is 0.836. The van der Waals surface area contributed by atoms with Crippen LogP contribution >= 0.6 is 11.6 Å². The van der Waals surface area contributed by atoms with Gasteiger partial charge in [0.15, 0.2) is 0 Å². The summed E-state index contributed by atoms with van der Waals surface area (Å²) in [6.07, 6.45) is 3.30. The summed E-state index contributed by atoms with van der Waals surface area (Å²) in [5, 5.41) is 3.85. The molecule has 4 heteroatoms. The van der Waals surface area contributed by atoms with Crippen molar-refractivity contribution in [3.8, 4) is 0 Å². The van der Waals surface area contributed by atoms with E-state index in [4.69, 9.17) is 17.3 Å². The zero-order chi connectivity index (χ0) is 11.5. The molecule has 0 unspecified atom stereocenters. The van der Waals surface area contributed by atoms with Crippen molar-refractivity contribution in [3.05, 3.63) is 47.2 Å². The van der Waals surface area contributed by atoms with Gasteiger partial charge in [-0.2, -0.15) is 0 Å². The molecule has 0 aliphatic heterocycles. The molecular formula is C12H12ClN3. The number of hydrogen-bond donors (Lipinski definition) is 2. The van der Waals surface area contributed by atoms with E-state index < -0.39 is 0 Å². The summed E-state index contributed by atoms with van der Waals surface area (Å²) < 4.78 is 0. The van der Waals surface area contributed by atoms with E-state index in [1.54, 1.807) is 12.4 Å². The molecule has 2 aromatic rings. The van der Waals surface area contributed by atoms with Crippen LogP contribution in [0.1, 0.15) is 5.56 Å². The van der Waals surface area contributed by atoms with Crippen molar-refractivity contribution in [1.82, 2.24) is 4.98 Å². The summed E-state index contributed by atoms with van der Waals surface area (Å²) in [4.78, 5) is 4.00. The second kappa shape index (κ2) is 4.41. The molecule has 1 aromatic carbocycles. The van der Waals surface area contributed by atoms with Crippen LogP contribution in [0.15, 0.2) is 36.7 Å². The van der Waals surface area contributed by atoms with Crippen molar-refractivity contribution in [2.24, 2.45) is 0 Å². The number of rotatable bonds is 2. The van der Waals surface area contributed by atoms with Crippen molar-refractivity contribution in [3.63, 3.8) is 0 Å². The van der Waals surface area contributed by atoms with Crippen molar-refractivity contribution in [2.45, 2.75) is 6.92 Å². The zero-order valence-electron chi connectivity index (χ0n) is 8.87. The summed E-state index contributed by atoms with van der Waals surface area (Å²) in [5.41, 5.74) is 9.06. The first-order chi connectivity index (χ1) is 7.65. The van der Waals surface area contributed by atoms with Crippen LogP contribution in [0.2, 0.25) is 5.02 Å². The van der Waals surface area contributed by atoms with Crippen molar-refractivity contribution in [2.75, 3.05) is 11.1 Å². The lowest BCUT2D eigenvalue weighted by Gasteiger charge is -2.08. The molecule has 0 saturated carbocycles. The SMILES string of the molecule is Cc1ccc(Nc2cncc(N)c2)c(Cl)c1. The Kier molecular flexibility index (Phi) is 2.97. The minimum atomic E-state index is 0.619. The molecular weight excluding hydrogens is 222 g/mol. The van der Waals surface area contributed by atoms with Crippen molar-refractivity contribution < 1.29 is 0 Å². The van der Waals surface area contributed by atoms with Crippen molar-refractivity contribution in [1.29, 1.82) is 0 Å². The van der Waals surface area contributed by atoms with Gasteiger partial charge in [-0.05, 0) is 30.7 Å². The Morgan fingerprint density at radius 3 is 2.75 bits per heavy atom. The number of benzene rings is 1. The van der Waals surface area contributed by atoms with Crippen LogP contribution < -0.4 is 11.1 Å². The monoisotopic (exact) mass is 233 g/mol. The molecule has 0 fully saturated rings. The van der Waals surface area contributed by atoms with Gasteiger partial charge in [0.1, 0.15) is 0 Å². The van der Waals surface area contributed by atoms with Crippen LogP contribution in [-0.4, -0.2) is 4.98 Å². The second-order valence-corrected chi connectivity index (χ2v) is 4.02. The smallest absolute Gasteiger partial charge is 0.0643 e. The predicted octanol–water partition coefficient (Wildman–Crippen LogP) is 3.37. The third kappa shape index (κ3) is 2.44. The Morgan fingerprint density at radius 1 is 1.25 bits per heavy atom. The van der Waals surface area contributed by atoms with E-state index in [2.05, 4.69) is 10.3 Å². The highest BCUT2D eigenvalue weighted by Gasteiger charge is 2.01. The van der Waals surface area contributed by atoms with E-state index in [-0.39, 0.29) is 0 Å². The van der Waals surface area contributed by atoms with Gasteiger partial charge in [0.2, 0.25) is 0 Å². The molecule has 82 valence electrons. The number of anilines is 3. The number of halogens is 1. The van der Waals surface area contributed by atoms with Crippen LogP contribution in [0, 0.1) is 6.92 Å². The van der Waals surface area contributed by atoms with E-state index in [0.717, 1.165) is 16.9 Å². The third-order valence-corrected chi connectivity index (χ3v) is 2.48. The Balaban J connectivity index is 2.27. The van der Waals surface area contributed by atoms with E-state index >= 15 is 0 Å². The number of pyridine rings is 1. The van der Waals surface area contributed by atoms with E-state index in [9.17, 15) is 0 Å². The van der Waals surface area contributed by atoms with Gasteiger partial charge >= 0.3 is 0 Å². The topological polar surface area (TPSA) is 50.9 Å². The largest absolute Gasteiger partial charge is 0.397 e. The lowest BCUT2D eigenvalue weighted by atomic mass is 10.2. The molecule has 1 aromatic heterocycles. The maximum absolute atomic E-state index is 6.11. The maximum atomic E-state index is 6.11. The molecule has 0 aliphatic rings. The standard InChI is InChI=1S/C12H12ClN3/c1-8-2-3-12(11(13)4-8)16-10-5-9(14)6-15-7-10/h2-7,16H,14H2,1H3. The van der Waals surface area contributed by atoms with Gasteiger partial charge in [0.05, 0.1) is 28.3 Å². The zero-order valence-corrected chi connectivity index (χ0v) is 9.62. The molecule has 0 spiro atoms. The fourth-order valence-electron chi connectivity index (χ4n) is 1.40. The van der Waals surface area contributed by atoms with Gasteiger partial charge in [-0.25, -0.2) is 0 Å². The molecule has 0 aliphatic carbocycles. The summed E-state index contributed by atoms with van der Waals surface area (Å²) in [5.74, 6) is 0. The summed E-state index contributed by atoms with van der Waals surface area (Å²) in [6.45, 7) is 2.00. The highest BCUT2D eigenvalue weighted by Crippen LogP contribution is 2.26. The first-order valence-corrected chi connectivity index (χ1v) is 5.26. The Labute approximate surface area is 99.3 Å². The van der Waals surface area contributed by atoms with Gasteiger partial charge < -0.3 is 11.1 Å². The molecule has 3 N–H and O–H groups in total. The average Bonchev–Trinajstić information content (AvgIpc) is 2.22. The Morgan fingerprint density at radius 2 is 2.06 bits per heavy atom. The minimum absolute atomic E-state index is 0.619. The minimum Gasteiger partial charge on any atom is -0.397 e. The Bertz CT molecular complexity index is 511. The number of aromatic nitrogens is 1. The highest BCUT2D eigenvalue weighted by atomic mass is 35.5. The molecule has 0 saturated heterocycles. The normalized spacial score (nSPS) is 10.1. The molecule has 1 heterocycles. The van der Waals surface area contributed by atoms with Crippen LogP contribution in [0.4, 0.5) is 17.1 Å². The lowest BCUT2D eigenvalue weighted by Crippen LogP contribution is -1.94. The summed E-state index contributed by atoms with van der Waals surface area (Å²) in [7, 11) is 0. The lowest BCUT2D eigenvalue weighted by molar-refractivity contribution is 1.32. The van der Waals surface area contributed by atoms with Gasteiger partial charge in [0, 0.05) is 6.20 Å². The average molecular weight is 234 g/mol. The van der Waals surface area contributed by atoms with Gasteiger partial charge in [-0.3, -0.25) is 4.98 Å². The highest BCUT2D eigenvalue weighted by molar-refractivity contribution is 6.33. The van der Waals surface area contributed by atoms with Crippen LogP contribution in [0.25, 0.3) is 0 Å². The number of aryl methyl sites for hydroxylation is 1. The fraction of sp³-hybridized carbons (Fsp3) is 0.0833. The first-order valence-electron chi connectivity index (χ1n) is 4.89. The van der Waals surface area contributed by atoms with Crippen molar-refractivity contribution >= 4 is 28.7 Å². The van der Waals surface area contributed by atoms with E-state index in [0.29, 0.717) is 10.7 Å². The molecule has 2 rings (SSSR count). The number of nitrogens with zero attached hydrogens (tertiary/aromatic N) is 1. The number of hydrogen-bond acceptors (Lipinski definition) is 3. The molecule has 3 nitrogen and oxygen atoms in total. The number of nitrogens with one attached hydrogen (secondary N) is 1. The van der Waals surface area contributed by atoms with Gasteiger partial charge in [0.25, 0.3) is 0 Å². The molecule has 16 heavy (non-hydrogen) atoms. The second-order valence-electron chi connectivity index (χ2n) is 3.62. The van der Waals surface area contributed by atoms with Gasteiger partial charge in [-0.15, -0.1) is 0 Å². The summed E-state index contributed by atoms with van der Waals surface area (Å²) >= 11 is 6.11. The van der Waals surface area contributed by atoms with E-state index in [1.807, 2.05) is 31.2 Å². The third-order valence-electron chi connectivity index (χ3n) is 2.16. The van der Waals surface area contributed by atoms with Crippen LogP contribution in [0.5, 0.6) is 0 Å². The fourth-order valence-corrected chi connectivity index (χ4v) is 1.69. The van der Waals surface area contributed by atoms with E-state index in [1.165, 1.54) is 0 Å². The maximum Gasteiger partial charge on any atom is 0.0643 e. The first kappa shape index (κ1) is 10.8. The van der Waals surface area contributed by atoms with Crippen LogP contribution in [0.3, 0.4) is 0 Å². The summed E-state index contributed by atoms with van der Waals surface area (Å²) in [6, 6.07) is 7.64.